The van der Waals surface area contributed by atoms with Crippen molar-refractivity contribution in [3.8, 4) is 29.7 Å². The molecule has 0 radical (unpaired) electrons. The lowest BCUT2D eigenvalue weighted by Gasteiger charge is -2.09. The summed E-state index contributed by atoms with van der Waals surface area (Å²) in [4.78, 5) is 4.26. The molecule has 0 unspecified atom stereocenters. The third kappa shape index (κ3) is 2.46. The second kappa shape index (κ2) is 5.67. The molecule has 0 N–H and O–H groups in total. The average Bonchev–Trinajstić information content (AvgIpc) is 2.91. The van der Waals surface area contributed by atoms with Crippen LogP contribution >= 0.6 is 11.6 Å². The lowest BCUT2D eigenvalue weighted by Crippen LogP contribution is -2.18. The summed E-state index contributed by atoms with van der Waals surface area (Å²) in [5.74, 6) is 1.31. The average molecular weight is 297 g/mol. The number of aromatic nitrogens is 1. The number of nitrogens with zero attached hydrogens (tertiary/aromatic N) is 4. The second-order valence-electron chi connectivity index (χ2n) is 4.32. The van der Waals surface area contributed by atoms with Gasteiger partial charge in [-0.25, -0.2) is 4.98 Å². The van der Waals surface area contributed by atoms with Gasteiger partial charge >= 0.3 is 0 Å². The molecule has 6 heteroatoms. The predicted molar refractivity (Wildman–Crippen MR) is 74.8 cm³/mol. The molecule has 1 aromatic carbocycles. The monoisotopic (exact) mass is 296 g/mol. The van der Waals surface area contributed by atoms with Gasteiger partial charge in [-0.2, -0.15) is 15.8 Å². The maximum Gasteiger partial charge on any atom is 0.253 e. The molecule has 0 aliphatic carbocycles. The molecule has 2 aromatic rings. The van der Waals surface area contributed by atoms with E-state index < -0.39 is 5.41 Å². The maximum absolute atomic E-state index is 9.05. The van der Waals surface area contributed by atoms with Crippen LogP contribution in [0.4, 0.5) is 0 Å². The van der Waals surface area contributed by atoms with E-state index in [0.29, 0.717) is 28.5 Å². The number of nitriles is 3. The Morgan fingerprint density at radius 3 is 2.14 bits per heavy atom. The molecule has 0 fully saturated rings. The summed E-state index contributed by atoms with van der Waals surface area (Å²) in [6.45, 7) is 1.77. The zero-order valence-corrected chi connectivity index (χ0v) is 11.8. The second-order valence-corrected chi connectivity index (χ2v) is 4.59. The largest absolute Gasteiger partial charge is 0.441 e. The zero-order chi connectivity index (χ0) is 15.5. The van der Waals surface area contributed by atoms with Gasteiger partial charge in [0.2, 0.25) is 5.89 Å². The molecule has 102 valence electrons. The Morgan fingerprint density at radius 2 is 1.71 bits per heavy atom. The highest BCUT2D eigenvalue weighted by molar-refractivity contribution is 6.16. The Hall–Kier alpha value is -2.81. The van der Waals surface area contributed by atoms with Gasteiger partial charge in [0.25, 0.3) is 5.41 Å². The van der Waals surface area contributed by atoms with Gasteiger partial charge < -0.3 is 4.42 Å². The van der Waals surface area contributed by atoms with Crippen LogP contribution in [0, 0.1) is 40.9 Å². The van der Waals surface area contributed by atoms with Crippen LogP contribution in [0.1, 0.15) is 17.0 Å². The summed E-state index contributed by atoms with van der Waals surface area (Å²) in [5, 5.41) is 27.1. The van der Waals surface area contributed by atoms with Crippen molar-refractivity contribution in [2.75, 3.05) is 0 Å². The molecule has 0 atom stereocenters. The van der Waals surface area contributed by atoms with E-state index in [2.05, 4.69) is 4.98 Å². The predicted octanol–water partition coefficient (Wildman–Crippen LogP) is 3.20. The lowest BCUT2D eigenvalue weighted by atomic mass is 9.85. The molecule has 2 rings (SSSR count). The van der Waals surface area contributed by atoms with Crippen molar-refractivity contribution in [1.29, 1.82) is 15.8 Å². The summed E-state index contributed by atoms with van der Waals surface area (Å²) in [6.07, 6.45) is 0. The van der Waals surface area contributed by atoms with E-state index in [1.807, 2.05) is 0 Å². The van der Waals surface area contributed by atoms with Crippen molar-refractivity contribution in [2.45, 2.75) is 18.2 Å². The van der Waals surface area contributed by atoms with Crippen molar-refractivity contribution >= 4 is 11.6 Å². The van der Waals surface area contributed by atoms with E-state index in [0.717, 1.165) is 0 Å². The fourth-order valence-corrected chi connectivity index (χ4v) is 2.05. The van der Waals surface area contributed by atoms with Crippen LogP contribution in [-0.4, -0.2) is 4.98 Å². The molecule has 21 heavy (non-hydrogen) atoms. The van der Waals surface area contributed by atoms with Crippen molar-refractivity contribution in [1.82, 2.24) is 4.98 Å². The molecule has 0 aliphatic rings. The number of rotatable bonds is 3. The van der Waals surface area contributed by atoms with Crippen LogP contribution in [-0.2, 0) is 11.3 Å². The highest BCUT2D eigenvalue weighted by Gasteiger charge is 2.32. The summed E-state index contributed by atoms with van der Waals surface area (Å²) >= 11 is 5.74. The first-order valence-electron chi connectivity index (χ1n) is 5.97. The molecule has 0 saturated carbocycles. The molecule has 1 aromatic heterocycles. The van der Waals surface area contributed by atoms with Crippen molar-refractivity contribution < 1.29 is 4.42 Å². The quantitative estimate of drug-likeness (QED) is 0.810. The molecule has 0 bridgehead atoms. The number of hydrogen-bond donors (Lipinski definition) is 0. The van der Waals surface area contributed by atoms with Crippen LogP contribution in [0.25, 0.3) is 11.5 Å². The Bertz CT molecular complexity index is 751. The minimum atomic E-state index is -1.80. The SMILES string of the molecule is Cc1oc(-c2ccc(C(C#N)(C#N)C#N)cc2)nc1CCl. The third-order valence-corrected chi connectivity index (χ3v) is 3.34. The summed E-state index contributed by atoms with van der Waals surface area (Å²) in [5.41, 5.74) is -0.136. The number of alkyl halides is 1. The van der Waals surface area contributed by atoms with Gasteiger partial charge in [0, 0.05) is 11.1 Å². The normalized spacial score (nSPS) is 10.4. The van der Waals surface area contributed by atoms with E-state index in [-0.39, 0.29) is 5.88 Å². The van der Waals surface area contributed by atoms with Gasteiger partial charge in [0.05, 0.1) is 11.6 Å². The topological polar surface area (TPSA) is 97.4 Å². The number of aryl methyl sites for hydroxylation is 1. The van der Waals surface area contributed by atoms with Crippen molar-refractivity contribution in [3.63, 3.8) is 0 Å². The fourth-order valence-electron chi connectivity index (χ4n) is 1.81. The van der Waals surface area contributed by atoms with Gasteiger partial charge in [-0.3, -0.25) is 0 Å². The van der Waals surface area contributed by atoms with Crippen LogP contribution in [0.5, 0.6) is 0 Å². The maximum atomic E-state index is 9.05. The minimum absolute atomic E-state index is 0.258. The Balaban J connectivity index is 2.42. The van der Waals surface area contributed by atoms with Crippen molar-refractivity contribution in [2.24, 2.45) is 0 Å². The van der Waals surface area contributed by atoms with Crippen LogP contribution in [0.2, 0.25) is 0 Å². The highest BCUT2D eigenvalue weighted by atomic mass is 35.5. The number of oxazole rings is 1. The van der Waals surface area contributed by atoms with Gasteiger partial charge in [-0.1, -0.05) is 12.1 Å². The molecule has 1 heterocycles. The molecular weight excluding hydrogens is 288 g/mol. The van der Waals surface area contributed by atoms with E-state index in [9.17, 15) is 0 Å². The summed E-state index contributed by atoms with van der Waals surface area (Å²) in [6, 6.07) is 11.6. The first kappa shape index (κ1) is 14.6. The Labute approximate surface area is 126 Å². The Kier molecular flexibility index (Phi) is 3.94. The van der Waals surface area contributed by atoms with Gasteiger partial charge in [0.1, 0.15) is 24.0 Å². The third-order valence-electron chi connectivity index (χ3n) is 3.09. The van der Waals surface area contributed by atoms with Gasteiger partial charge in [-0.05, 0) is 19.1 Å². The van der Waals surface area contributed by atoms with E-state index in [4.69, 9.17) is 31.8 Å². The molecule has 0 spiro atoms. The van der Waals surface area contributed by atoms with E-state index in [1.165, 1.54) is 0 Å². The van der Waals surface area contributed by atoms with Crippen LogP contribution in [0.3, 0.4) is 0 Å². The van der Waals surface area contributed by atoms with Crippen molar-refractivity contribution in [3.05, 3.63) is 41.3 Å². The first-order valence-corrected chi connectivity index (χ1v) is 6.50. The van der Waals surface area contributed by atoms with Gasteiger partial charge in [-0.15, -0.1) is 11.6 Å². The van der Waals surface area contributed by atoms with Crippen LogP contribution in [0.15, 0.2) is 28.7 Å². The number of benzene rings is 1. The van der Waals surface area contributed by atoms with Crippen LogP contribution < -0.4 is 0 Å². The standard InChI is InChI=1S/C15H9ClN4O/c1-10-13(6-16)20-14(21-10)11-2-4-12(5-3-11)15(7-17,8-18)9-19/h2-5H,6H2,1H3. The smallest absolute Gasteiger partial charge is 0.253 e. The first-order chi connectivity index (χ1) is 10.1. The molecule has 0 aliphatic heterocycles. The highest BCUT2D eigenvalue weighted by Crippen LogP contribution is 2.27. The summed E-state index contributed by atoms with van der Waals surface area (Å²) < 4.78 is 5.51. The minimum Gasteiger partial charge on any atom is -0.441 e. The number of hydrogen-bond acceptors (Lipinski definition) is 5. The zero-order valence-electron chi connectivity index (χ0n) is 11.1. The molecule has 0 amide bonds. The lowest BCUT2D eigenvalue weighted by molar-refractivity contribution is 0.540. The Morgan fingerprint density at radius 1 is 1.14 bits per heavy atom. The molecule has 5 nitrogen and oxygen atoms in total. The fraction of sp³-hybridized carbons (Fsp3) is 0.200. The molecule has 0 saturated heterocycles. The van der Waals surface area contributed by atoms with E-state index in [1.54, 1.807) is 49.4 Å². The molecular formula is C15H9ClN4O. The van der Waals surface area contributed by atoms with E-state index >= 15 is 0 Å². The number of halogens is 1. The van der Waals surface area contributed by atoms with Gasteiger partial charge in [0.15, 0.2) is 0 Å². The summed E-state index contributed by atoms with van der Waals surface area (Å²) in [7, 11) is 0.